The number of pyridine rings is 1. The van der Waals surface area contributed by atoms with Gasteiger partial charge in [-0.15, -0.1) is 5.10 Å². The monoisotopic (exact) mass is 452 g/mol. The fraction of sp³-hybridized carbons (Fsp3) is 0.304. The molecule has 0 saturated heterocycles. The number of fused-ring (bicyclic) bond motifs is 1. The van der Waals surface area contributed by atoms with Crippen LogP contribution in [-0.2, 0) is 0 Å². The van der Waals surface area contributed by atoms with Gasteiger partial charge >= 0.3 is 0 Å². The highest BCUT2D eigenvalue weighted by Gasteiger charge is 2.28. The fourth-order valence-electron chi connectivity index (χ4n) is 4.28. The molecule has 1 aliphatic carbocycles. The number of hydrogen-bond acceptors (Lipinski definition) is 5. The smallest absolute Gasteiger partial charge is 0.178 e. The van der Waals surface area contributed by atoms with Gasteiger partial charge < -0.3 is 5.32 Å². The van der Waals surface area contributed by atoms with Crippen LogP contribution in [0, 0.1) is 0 Å². The number of nitrogens with zero attached hydrogens (tertiary/aromatic N) is 5. The minimum atomic E-state index is -0.359. The summed E-state index contributed by atoms with van der Waals surface area (Å²) in [4.78, 5) is 4.63. The molecule has 0 spiro atoms. The van der Waals surface area contributed by atoms with E-state index >= 15 is 0 Å². The van der Waals surface area contributed by atoms with Crippen molar-refractivity contribution >= 4 is 39.8 Å². The Bertz CT molecular complexity index is 1180. The van der Waals surface area contributed by atoms with Crippen LogP contribution in [0.3, 0.4) is 0 Å². The zero-order chi connectivity index (χ0) is 21.2. The van der Waals surface area contributed by atoms with E-state index in [2.05, 4.69) is 31.9 Å². The maximum Gasteiger partial charge on any atom is 0.178 e. The first-order valence-corrected chi connectivity index (χ1v) is 11.3. The van der Waals surface area contributed by atoms with E-state index < -0.39 is 0 Å². The Morgan fingerprint density at radius 3 is 2.55 bits per heavy atom. The quantitative estimate of drug-likeness (QED) is 0.363. The van der Waals surface area contributed by atoms with Crippen LogP contribution in [0.2, 0.25) is 10.2 Å². The van der Waals surface area contributed by atoms with E-state index in [1.54, 1.807) is 0 Å². The average Bonchev–Trinajstić information content (AvgIpc) is 3.29. The van der Waals surface area contributed by atoms with Crippen LogP contribution < -0.4 is 5.32 Å². The first kappa shape index (κ1) is 20.2. The Morgan fingerprint density at radius 1 is 0.968 bits per heavy atom. The molecule has 8 heteroatoms. The van der Waals surface area contributed by atoms with Crippen molar-refractivity contribution < 1.29 is 0 Å². The molecule has 2 heterocycles. The lowest BCUT2D eigenvalue weighted by molar-refractivity contribution is 0.315. The summed E-state index contributed by atoms with van der Waals surface area (Å²) in [7, 11) is 0. The third-order valence-corrected chi connectivity index (χ3v) is 6.42. The van der Waals surface area contributed by atoms with Gasteiger partial charge in [0, 0.05) is 21.7 Å². The molecule has 1 aliphatic rings. The molecule has 1 N–H and O–H groups in total. The molecule has 1 fully saturated rings. The number of halogens is 2. The summed E-state index contributed by atoms with van der Waals surface area (Å²) < 4.78 is 1.97. The predicted octanol–water partition coefficient (Wildman–Crippen LogP) is 6.23. The minimum Gasteiger partial charge on any atom is -0.371 e. The molecule has 0 radical (unpaired) electrons. The van der Waals surface area contributed by atoms with Crippen molar-refractivity contribution in [3.63, 3.8) is 0 Å². The Kier molecular flexibility index (Phi) is 5.74. The number of benzene rings is 2. The summed E-state index contributed by atoms with van der Waals surface area (Å²) in [6, 6.07) is 17.5. The molecule has 2 aromatic heterocycles. The van der Waals surface area contributed by atoms with Crippen molar-refractivity contribution in [2.45, 2.75) is 44.2 Å². The summed E-state index contributed by atoms with van der Waals surface area (Å²) in [5.41, 5.74) is 2.59. The van der Waals surface area contributed by atoms with Gasteiger partial charge in [0.25, 0.3) is 0 Å². The second kappa shape index (κ2) is 8.81. The molecule has 1 atom stereocenters. The van der Waals surface area contributed by atoms with Gasteiger partial charge in [-0.05, 0) is 59.7 Å². The maximum atomic E-state index is 6.69. The molecule has 0 bridgehead atoms. The van der Waals surface area contributed by atoms with E-state index in [0.29, 0.717) is 16.2 Å². The number of nitrogens with one attached hydrogen (secondary N) is 1. The molecule has 4 aromatic rings. The second-order valence-corrected chi connectivity index (χ2v) is 8.71. The van der Waals surface area contributed by atoms with E-state index in [-0.39, 0.29) is 6.04 Å². The Morgan fingerprint density at radius 2 is 1.74 bits per heavy atom. The summed E-state index contributed by atoms with van der Waals surface area (Å²) in [6.45, 7) is 0. The molecule has 0 aliphatic heterocycles. The van der Waals surface area contributed by atoms with Gasteiger partial charge in [-0.1, -0.05) is 60.7 Å². The fourth-order valence-corrected chi connectivity index (χ4v) is 4.66. The molecule has 5 rings (SSSR count). The molecule has 1 unspecified atom stereocenters. The maximum absolute atomic E-state index is 6.69. The number of para-hydroxylation sites is 1. The number of hydrogen-bond donors (Lipinski definition) is 1. The zero-order valence-corrected chi connectivity index (χ0v) is 18.4. The zero-order valence-electron chi connectivity index (χ0n) is 16.9. The van der Waals surface area contributed by atoms with Crippen LogP contribution in [0.5, 0.6) is 0 Å². The number of rotatable bonds is 5. The lowest BCUT2D eigenvalue weighted by atomic mass is 9.95. The van der Waals surface area contributed by atoms with Crippen LogP contribution >= 0.6 is 23.2 Å². The summed E-state index contributed by atoms with van der Waals surface area (Å²) in [5, 5.41) is 18.5. The van der Waals surface area contributed by atoms with Gasteiger partial charge in [-0.25, -0.2) is 9.67 Å². The van der Waals surface area contributed by atoms with Gasteiger partial charge in [0.1, 0.15) is 11.2 Å². The van der Waals surface area contributed by atoms with Crippen molar-refractivity contribution in [3.05, 3.63) is 76.2 Å². The third kappa shape index (κ3) is 4.23. The molecular formula is C23H22Cl2N6. The van der Waals surface area contributed by atoms with E-state index in [1.165, 1.54) is 19.3 Å². The van der Waals surface area contributed by atoms with Gasteiger partial charge in [-0.3, -0.25) is 0 Å². The van der Waals surface area contributed by atoms with Crippen molar-refractivity contribution in [2.75, 3.05) is 5.32 Å². The highest BCUT2D eigenvalue weighted by atomic mass is 35.5. The standard InChI is InChI=1S/C23H22Cl2N6/c24-16-10-12-17(13-11-16)26-21(19-14-15-6-4-5-9-20(15)27-22(19)25)23-28-29-30-31(23)18-7-2-1-3-8-18/h4-6,9-14,18,21,26H,1-3,7-8H2. The highest BCUT2D eigenvalue weighted by molar-refractivity contribution is 6.31. The number of tetrazole rings is 1. The SMILES string of the molecule is Clc1ccc(NC(c2cc3ccccc3nc2Cl)c2nnnn2C2CCCCC2)cc1. The van der Waals surface area contributed by atoms with E-state index in [0.717, 1.165) is 40.8 Å². The summed E-state index contributed by atoms with van der Waals surface area (Å²) in [6.07, 6.45) is 5.81. The van der Waals surface area contributed by atoms with Gasteiger partial charge in [0.2, 0.25) is 0 Å². The molecule has 0 amide bonds. The largest absolute Gasteiger partial charge is 0.371 e. The molecule has 6 nitrogen and oxygen atoms in total. The first-order valence-electron chi connectivity index (χ1n) is 10.5. The molecular weight excluding hydrogens is 431 g/mol. The third-order valence-electron chi connectivity index (χ3n) is 5.87. The average molecular weight is 453 g/mol. The first-order chi connectivity index (χ1) is 15.2. The van der Waals surface area contributed by atoms with Gasteiger partial charge in [0.15, 0.2) is 5.82 Å². The number of anilines is 1. The second-order valence-electron chi connectivity index (χ2n) is 7.92. The van der Waals surface area contributed by atoms with Crippen LogP contribution in [-0.4, -0.2) is 25.2 Å². The lowest BCUT2D eigenvalue weighted by Crippen LogP contribution is -2.23. The van der Waals surface area contributed by atoms with Gasteiger partial charge in [0.05, 0.1) is 11.6 Å². The van der Waals surface area contributed by atoms with Crippen LogP contribution in [0.25, 0.3) is 10.9 Å². The summed E-state index contributed by atoms with van der Waals surface area (Å²) >= 11 is 12.8. The van der Waals surface area contributed by atoms with Crippen LogP contribution in [0.4, 0.5) is 5.69 Å². The van der Waals surface area contributed by atoms with E-state index in [1.807, 2.05) is 53.2 Å². The van der Waals surface area contributed by atoms with E-state index in [4.69, 9.17) is 23.2 Å². The number of aromatic nitrogens is 5. The van der Waals surface area contributed by atoms with Gasteiger partial charge in [-0.2, -0.15) is 0 Å². The molecule has 1 saturated carbocycles. The minimum absolute atomic E-state index is 0.292. The van der Waals surface area contributed by atoms with Crippen molar-refractivity contribution in [2.24, 2.45) is 0 Å². The van der Waals surface area contributed by atoms with Crippen molar-refractivity contribution in [1.82, 2.24) is 25.2 Å². The van der Waals surface area contributed by atoms with Crippen LogP contribution in [0.15, 0.2) is 54.6 Å². The Labute approximate surface area is 190 Å². The van der Waals surface area contributed by atoms with Crippen LogP contribution in [0.1, 0.15) is 55.6 Å². The molecule has 158 valence electrons. The lowest BCUT2D eigenvalue weighted by Gasteiger charge is -2.26. The van der Waals surface area contributed by atoms with Crippen molar-refractivity contribution in [1.29, 1.82) is 0 Å². The summed E-state index contributed by atoms with van der Waals surface area (Å²) in [5.74, 6) is 0.737. The van der Waals surface area contributed by atoms with Crippen molar-refractivity contribution in [3.8, 4) is 0 Å². The predicted molar refractivity (Wildman–Crippen MR) is 124 cm³/mol. The normalized spacial score (nSPS) is 15.8. The Hall–Kier alpha value is -2.70. The molecule has 31 heavy (non-hydrogen) atoms. The molecule has 2 aromatic carbocycles. The Balaban J connectivity index is 1.61. The van der Waals surface area contributed by atoms with E-state index in [9.17, 15) is 0 Å². The highest BCUT2D eigenvalue weighted by Crippen LogP contribution is 2.35. The topological polar surface area (TPSA) is 68.5 Å².